The molecule has 0 aliphatic heterocycles. The molecule has 0 radical (unpaired) electrons. The molecule has 0 unspecified atom stereocenters. The van der Waals surface area contributed by atoms with Gasteiger partial charge in [-0.25, -0.2) is 17.5 Å². The average Bonchev–Trinajstić information content (AvgIpc) is 2.74. The van der Waals surface area contributed by atoms with Gasteiger partial charge in [0.15, 0.2) is 0 Å². The molecule has 0 aliphatic rings. The number of carbonyl (C=O) groups is 1. The Morgan fingerprint density at radius 2 is 1.69 bits per heavy atom. The lowest BCUT2D eigenvalue weighted by molar-refractivity contribution is -0.121. The van der Waals surface area contributed by atoms with Crippen LogP contribution in [0.2, 0.25) is 0 Å². The summed E-state index contributed by atoms with van der Waals surface area (Å²) in [6.45, 7) is -1.72. The highest BCUT2D eigenvalue weighted by molar-refractivity contribution is 7.89. The maximum atomic E-state index is 13.8. The predicted molar refractivity (Wildman–Crippen MR) is 110 cm³/mol. The fourth-order valence-corrected chi connectivity index (χ4v) is 4.12. The molecule has 3 rings (SSSR count). The number of benzene rings is 2. The molecule has 1 aromatic heterocycles. The number of nitrogens with one attached hydrogen (secondary N) is 1. The van der Waals surface area contributed by atoms with Crippen LogP contribution in [0.5, 0.6) is 0 Å². The van der Waals surface area contributed by atoms with Crippen molar-refractivity contribution >= 4 is 15.8 Å². The zero-order chi connectivity index (χ0) is 23.4. The van der Waals surface area contributed by atoms with Crippen LogP contribution in [0.4, 0.5) is 17.6 Å². The van der Waals surface area contributed by atoms with Crippen molar-refractivity contribution in [1.82, 2.24) is 9.71 Å². The minimum absolute atomic E-state index is 0.0469. The van der Waals surface area contributed by atoms with Crippen molar-refractivity contribution in [3.8, 4) is 11.1 Å². The molecule has 3 aromatic rings. The lowest BCUT2D eigenvalue weighted by Gasteiger charge is -2.14. The number of ketones is 1. The third-order valence-corrected chi connectivity index (χ3v) is 5.92. The standard InChI is InChI=1S/C22H18F4N2O3S/c23-20-7-4-10-27-21(20)13-17(29)11-16-12-18(32(30,31)28-14-22(24,25)26)8-9-19(16)15-5-2-1-3-6-15/h1-10,12,28H,11,13-14H2. The minimum atomic E-state index is -4.72. The van der Waals surface area contributed by atoms with Gasteiger partial charge in [-0.2, -0.15) is 13.2 Å². The van der Waals surface area contributed by atoms with Gasteiger partial charge in [-0.15, -0.1) is 0 Å². The van der Waals surface area contributed by atoms with E-state index in [2.05, 4.69) is 4.98 Å². The van der Waals surface area contributed by atoms with Crippen LogP contribution < -0.4 is 4.72 Å². The van der Waals surface area contributed by atoms with E-state index < -0.39 is 39.2 Å². The fraction of sp³-hybridized carbons (Fsp3) is 0.182. The van der Waals surface area contributed by atoms with Gasteiger partial charge in [0, 0.05) is 12.6 Å². The van der Waals surface area contributed by atoms with Gasteiger partial charge in [0.1, 0.15) is 18.1 Å². The van der Waals surface area contributed by atoms with Crippen molar-refractivity contribution in [2.75, 3.05) is 6.54 Å². The molecule has 0 bridgehead atoms. The Morgan fingerprint density at radius 1 is 0.969 bits per heavy atom. The highest BCUT2D eigenvalue weighted by Crippen LogP contribution is 2.27. The number of hydrogen-bond donors (Lipinski definition) is 1. The number of hydrogen-bond acceptors (Lipinski definition) is 4. The highest BCUT2D eigenvalue weighted by Gasteiger charge is 2.30. The lowest BCUT2D eigenvalue weighted by Crippen LogP contribution is -2.33. The van der Waals surface area contributed by atoms with Crippen LogP contribution >= 0.6 is 0 Å². The monoisotopic (exact) mass is 466 g/mol. The Kier molecular flexibility index (Phi) is 7.05. The first-order valence-corrected chi connectivity index (χ1v) is 10.9. The second kappa shape index (κ2) is 9.58. The first-order valence-electron chi connectivity index (χ1n) is 9.41. The predicted octanol–water partition coefficient (Wildman–Crippen LogP) is 4.08. The molecule has 32 heavy (non-hydrogen) atoms. The Bertz CT molecular complexity index is 1210. The summed E-state index contributed by atoms with van der Waals surface area (Å²) in [5.41, 5.74) is 1.46. The summed E-state index contributed by atoms with van der Waals surface area (Å²) < 4.78 is 77.4. The molecule has 10 heteroatoms. The average molecular weight is 466 g/mol. The van der Waals surface area contributed by atoms with Gasteiger partial charge < -0.3 is 0 Å². The molecule has 2 aromatic carbocycles. The molecule has 0 spiro atoms. The number of halogens is 4. The van der Waals surface area contributed by atoms with E-state index in [1.54, 1.807) is 30.3 Å². The Morgan fingerprint density at radius 3 is 2.34 bits per heavy atom. The smallest absolute Gasteiger partial charge is 0.299 e. The van der Waals surface area contributed by atoms with Gasteiger partial charge >= 0.3 is 6.18 Å². The zero-order valence-corrected chi connectivity index (χ0v) is 17.4. The molecule has 0 saturated carbocycles. The summed E-state index contributed by atoms with van der Waals surface area (Å²) in [5, 5.41) is 0. The Hall–Kier alpha value is -3.11. The van der Waals surface area contributed by atoms with Gasteiger partial charge in [-0.1, -0.05) is 36.4 Å². The van der Waals surface area contributed by atoms with Crippen molar-refractivity contribution in [2.24, 2.45) is 0 Å². The molecular formula is C22H18F4N2O3S. The van der Waals surface area contributed by atoms with E-state index in [1.165, 1.54) is 35.2 Å². The molecule has 168 valence electrons. The van der Waals surface area contributed by atoms with Crippen molar-refractivity contribution in [1.29, 1.82) is 0 Å². The van der Waals surface area contributed by atoms with Gasteiger partial charge in [0.2, 0.25) is 10.0 Å². The molecule has 1 N–H and O–H groups in total. The number of Topliss-reactive ketones (excluding diaryl/α,β-unsaturated/α-hetero) is 1. The molecular weight excluding hydrogens is 448 g/mol. The van der Waals surface area contributed by atoms with E-state index >= 15 is 0 Å². The summed E-state index contributed by atoms with van der Waals surface area (Å²) in [4.78, 5) is 16.0. The number of rotatable bonds is 8. The third-order valence-electron chi connectivity index (χ3n) is 4.52. The fourth-order valence-electron chi connectivity index (χ4n) is 3.05. The number of alkyl halides is 3. The third kappa shape index (κ3) is 6.21. The van der Waals surface area contributed by atoms with E-state index in [0.29, 0.717) is 11.1 Å². The first kappa shape index (κ1) is 23.6. The van der Waals surface area contributed by atoms with Crippen LogP contribution in [0.3, 0.4) is 0 Å². The quantitative estimate of drug-likeness (QED) is 0.508. The molecule has 0 atom stereocenters. The van der Waals surface area contributed by atoms with E-state index in [9.17, 15) is 30.8 Å². The molecule has 0 saturated heterocycles. The molecule has 0 aliphatic carbocycles. The summed E-state index contributed by atoms with van der Waals surface area (Å²) >= 11 is 0. The Labute approximate surface area is 182 Å². The van der Waals surface area contributed by atoms with Crippen molar-refractivity contribution in [3.63, 3.8) is 0 Å². The second-order valence-electron chi connectivity index (χ2n) is 6.95. The number of nitrogens with zero attached hydrogens (tertiary/aromatic N) is 1. The maximum Gasteiger partial charge on any atom is 0.402 e. The van der Waals surface area contributed by atoms with Crippen molar-refractivity contribution < 1.29 is 30.8 Å². The Balaban J connectivity index is 1.94. The summed E-state index contributed by atoms with van der Waals surface area (Å²) in [6.07, 6.45) is -3.95. The number of sulfonamides is 1. The van der Waals surface area contributed by atoms with E-state index in [0.717, 1.165) is 6.07 Å². The molecule has 1 heterocycles. The summed E-state index contributed by atoms with van der Waals surface area (Å²) in [5.74, 6) is -1.07. The number of aromatic nitrogens is 1. The van der Waals surface area contributed by atoms with E-state index in [1.807, 2.05) is 0 Å². The second-order valence-corrected chi connectivity index (χ2v) is 8.72. The van der Waals surface area contributed by atoms with Crippen LogP contribution in [0.15, 0.2) is 71.8 Å². The molecule has 0 amide bonds. The van der Waals surface area contributed by atoms with Gasteiger partial charge in [-0.3, -0.25) is 9.78 Å². The highest BCUT2D eigenvalue weighted by atomic mass is 32.2. The molecule has 5 nitrogen and oxygen atoms in total. The molecule has 0 fully saturated rings. The normalized spacial score (nSPS) is 12.0. The van der Waals surface area contributed by atoms with E-state index in [-0.39, 0.29) is 24.1 Å². The number of carbonyl (C=O) groups excluding carboxylic acids is 1. The van der Waals surface area contributed by atoms with Crippen LogP contribution in [0.1, 0.15) is 11.3 Å². The minimum Gasteiger partial charge on any atom is -0.299 e. The maximum absolute atomic E-state index is 13.8. The summed E-state index contributed by atoms with van der Waals surface area (Å²) in [6, 6.07) is 15.1. The topological polar surface area (TPSA) is 76.1 Å². The number of pyridine rings is 1. The van der Waals surface area contributed by atoms with Crippen LogP contribution in [0.25, 0.3) is 11.1 Å². The van der Waals surface area contributed by atoms with Crippen LogP contribution in [-0.2, 0) is 27.7 Å². The lowest BCUT2D eigenvalue weighted by atomic mass is 9.95. The first-order chi connectivity index (χ1) is 15.0. The van der Waals surface area contributed by atoms with Crippen LogP contribution in [0, 0.1) is 5.82 Å². The largest absolute Gasteiger partial charge is 0.402 e. The van der Waals surface area contributed by atoms with Crippen molar-refractivity contribution in [2.45, 2.75) is 23.9 Å². The van der Waals surface area contributed by atoms with Crippen LogP contribution in [-0.4, -0.2) is 31.9 Å². The van der Waals surface area contributed by atoms with Gasteiger partial charge in [0.05, 0.1) is 17.0 Å². The van der Waals surface area contributed by atoms with Crippen molar-refractivity contribution in [3.05, 3.63) is 83.9 Å². The zero-order valence-electron chi connectivity index (χ0n) is 16.6. The van der Waals surface area contributed by atoms with Gasteiger partial charge in [0.25, 0.3) is 0 Å². The summed E-state index contributed by atoms with van der Waals surface area (Å²) in [7, 11) is -4.47. The van der Waals surface area contributed by atoms with Gasteiger partial charge in [-0.05, 0) is 41.0 Å². The SMILES string of the molecule is O=C(Cc1cc(S(=O)(=O)NCC(F)(F)F)ccc1-c1ccccc1)Cc1ncccc1F. The van der Waals surface area contributed by atoms with E-state index in [4.69, 9.17) is 0 Å².